The minimum Gasteiger partial charge on any atom is -0.408 e. The SMILES string of the molecule is CN(C)CCN(C)C(=O)c1ccc(N/C(=C2\C(=O)Nc3cc(Cl)ccc32)c2ccc3oc(=O)[nH]c3c2)cc1. The van der Waals surface area contributed by atoms with Gasteiger partial charge >= 0.3 is 5.76 Å². The van der Waals surface area contributed by atoms with Crippen molar-refractivity contribution in [1.82, 2.24) is 14.8 Å². The number of fused-ring (bicyclic) bond motifs is 2. The van der Waals surface area contributed by atoms with Gasteiger partial charge in [0.15, 0.2) is 5.58 Å². The van der Waals surface area contributed by atoms with Crippen molar-refractivity contribution in [1.29, 1.82) is 0 Å². The van der Waals surface area contributed by atoms with Crippen molar-refractivity contribution in [3.05, 3.63) is 92.9 Å². The highest BCUT2D eigenvalue weighted by Crippen LogP contribution is 2.39. The Labute approximate surface area is 223 Å². The number of carbonyl (C=O) groups excluding carboxylic acids is 2. The Balaban J connectivity index is 1.53. The van der Waals surface area contributed by atoms with Gasteiger partial charge in [0.2, 0.25) is 0 Å². The summed E-state index contributed by atoms with van der Waals surface area (Å²) < 4.78 is 5.14. The number of likely N-dealkylation sites (N-methyl/N-ethyl adjacent to an activating group) is 2. The average Bonchev–Trinajstić information content (AvgIpc) is 3.42. The molecular weight excluding hydrogens is 506 g/mol. The summed E-state index contributed by atoms with van der Waals surface area (Å²) in [5, 5.41) is 6.74. The van der Waals surface area contributed by atoms with Crippen LogP contribution in [0.2, 0.25) is 5.02 Å². The zero-order valence-electron chi connectivity index (χ0n) is 21.1. The van der Waals surface area contributed by atoms with Gasteiger partial charge in [-0.1, -0.05) is 17.7 Å². The lowest BCUT2D eigenvalue weighted by Crippen LogP contribution is -2.33. The fourth-order valence-corrected chi connectivity index (χ4v) is 4.46. The van der Waals surface area contributed by atoms with Crippen LogP contribution in [0.1, 0.15) is 21.5 Å². The molecule has 9 nitrogen and oxygen atoms in total. The van der Waals surface area contributed by atoms with Crippen LogP contribution < -0.4 is 16.4 Å². The number of oxazole rings is 1. The first-order valence-corrected chi connectivity index (χ1v) is 12.3. The second-order valence-electron chi connectivity index (χ2n) is 9.35. The molecule has 0 aliphatic carbocycles. The average molecular weight is 532 g/mol. The number of anilines is 2. The van der Waals surface area contributed by atoms with Crippen LogP contribution in [0.3, 0.4) is 0 Å². The first-order valence-electron chi connectivity index (χ1n) is 12.0. The third-order valence-corrected chi connectivity index (χ3v) is 6.55. The van der Waals surface area contributed by atoms with Crippen molar-refractivity contribution in [2.24, 2.45) is 0 Å². The predicted molar refractivity (Wildman–Crippen MR) is 149 cm³/mol. The maximum atomic E-state index is 13.2. The van der Waals surface area contributed by atoms with Crippen LogP contribution in [-0.2, 0) is 4.79 Å². The Morgan fingerprint density at radius 1 is 0.947 bits per heavy atom. The predicted octanol–water partition coefficient (Wildman–Crippen LogP) is 4.34. The fourth-order valence-electron chi connectivity index (χ4n) is 4.29. The zero-order chi connectivity index (χ0) is 27.0. The summed E-state index contributed by atoms with van der Waals surface area (Å²) in [5.74, 6) is -0.930. The Bertz CT molecular complexity index is 1640. The van der Waals surface area contributed by atoms with Crippen molar-refractivity contribution in [2.45, 2.75) is 0 Å². The van der Waals surface area contributed by atoms with Crippen LogP contribution in [0.15, 0.2) is 69.9 Å². The quantitative estimate of drug-likeness (QED) is 0.306. The lowest BCUT2D eigenvalue weighted by Gasteiger charge is -2.20. The second kappa shape index (κ2) is 10.2. The number of carbonyl (C=O) groups is 2. The van der Waals surface area contributed by atoms with E-state index in [9.17, 15) is 14.4 Å². The van der Waals surface area contributed by atoms with Gasteiger partial charge < -0.3 is 24.9 Å². The van der Waals surface area contributed by atoms with E-state index in [4.69, 9.17) is 16.0 Å². The van der Waals surface area contributed by atoms with Crippen LogP contribution in [0.25, 0.3) is 22.4 Å². The maximum absolute atomic E-state index is 13.2. The molecule has 4 aromatic rings. The van der Waals surface area contributed by atoms with Gasteiger partial charge in [-0.2, -0.15) is 0 Å². The van der Waals surface area contributed by atoms with Crippen molar-refractivity contribution in [3.8, 4) is 0 Å². The van der Waals surface area contributed by atoms with E-state index in [0.29, 0.717) is 62.0 Å². The lowest BCUT2D eigenvalue weighted by molar-refractivity contribution is -0.110. The number of nitrogens with zero attached hydrogens (tertiary/aromatic N) is 2. The Hall–Kier alpha value is -4.34. The molecule has 0 bridgehead atoms. The van der Waals surface area contributed by atoms with Gasteiger partial charge in [0.05, 0.1) is 22.5 Å². The summed E-state index contributed by atoms with van der Waals surface area (Å²) in [6, 6.07) is 17.5. The van der Waals surface area contributed by atoms with Crippen LogP contribution in [0, 0.1) is 0 Å². The summed E-state index contributed by atoms with van der Waals surface area (Å²) in [5.41, 5.74) is 5.05. The van der Waals surface area contributed by atoms with Gasteiger partial charge in [0, 0.05) is 47.5 Å². The van der Waals surface area contributed by atoms with E-state index in [2.05, 4.69) is 15.6 Å². The zero-order valence-corrected chi connectivity index (χ0v) is 21.8. The van der Waals surface area contributed by atoms with Crippen LogP contribution in [0.4, 0.5) is 11.4 Å². The van der Waals surface area contributed by atoms with Crippen molar-refractivity contribution in [3.63, 3.8) is 0 Å². The molecule has 38 heavy (non-hydrogen) atoms. The third kappa shape index (κ3) is 5.06. The molecule has 1 aromatic heterocycles. The van der Waals surface area contributed by atoms with E-state index in [-0.39, 0.29) is 11.8 Å². The van der Waals surface area contributed by atoms with E-state index in [1.165, 1.54) is 0 Å². The van der Waals surface area contributed by atoms with Gasteiger partial charge in [-0.05, 0) is 68.7 Å². The second-order valence-corrected chi connectivity index (χ2v) is 9.79. The summed E-state index contributed by atoms with van der Waals surface area (Å²) in [7, 11) is 5.70. The molecule has 0 spiro atoms. The van der Waals surface area contributed by atoms with Crippen LogP contribution >= 0.6 is 11.6 Å². The van der Waals surface area contributed by atoms with Gasteiger partial charge in [0.1, 0.15) is 0 Å². The number of aromatic nitrogens is 1. The van der Waals surface area contributed by atoms with Crippen LogP contribution in [0.5, 0.6) is 0 Å². The number of benzene rings is 3. The molecule has 3 N–H and O–H groups in total. The largest absolute Gasteiger partial charge is 0.417 e. The van der Waals surface area contributed by atoms with Gasteiger partial charge in [0.25, 0.3) is 11.8 Å². The molecule has 2 amide bonds. The van der Waals surface area contributed by atoms with Crippen molar-refractivity contribution < 1.29 is 14.0 Å². The molecule has 0 saturated carbocycles. The number of halogens is 1. The molecule has 10 heteroatoms. The van der Waals surface area contributed by atoms with E-state index < -0.39 is 5.76 Å². The third-order valence-electron chi connectivity index (χ3n) is 6.31. The molecule has 1 aliphatic heterocycles. The lowest BCUT2D eigenvalue weighted by atomic mass is 9.99. The molecule has 5 rings (SSSR count). The molecule has 2 heterocycles. The van der Waals surface area contributed by atoms with Gasteiger partial charge in [-0.15, -0.1) is 0 Å². The maximum Gasteiger partial charge on any atom is 0.417 e. The molecule has 3 aromatic carbocycles. The number of hydrogen-bond donors (Lipinski definition) is 3. The molecular formula is C28H26ClN5O4. The fraction of sp³-hybridized carbons (Fsp3) is 0.179. The van der Waals surface area contributed by atoms with Gasteiger partial charge in [-0.3, -0.25) is 14.6 Å². The summed E-state index contributed by atoms with van der Waals surface area (Å²) >= 11 is 6.15. The van der Waals surface area contributed by atoms with Gasteiger partial charge in [-0.25, -0.2) is 4.79 Å². The number of aromatic amines is 1. The monoisotopic (exact) mass is 531 g/mol. The van der Waals surface area contributed by atoms with Crippen LogP contribution in [-0.4, -0.2) is 60.8 Å². The van der Waals surface area contributed by atoms with E-state index in [1.807, 2.05) is 19.0 Å². The minimum atomic E-state index is -0.561. The molecule has 0 atom stereocenters. The molecule has 0 saturated heterocycles. The first-order chi connectivity index (χ1) is 18.2. The van der Waals surface area contributed by atoms with E-state index in [0.717, 1.165) is 6.54 Å². The van der Waals surface area contributed by atoms with E-state index in [1.54, 1.807) is 72.6 Å². The Morgan fingerprint density at radius 3 is 2.42 bits per heavy atom. The topological polar surface area (TPSA) is 111 Å². The minimum absolute atomic E-state index is 0.0766. The normalized spacial score (nSPS) is 14.0. The molecule has 1 aliphatic rings. The Morgan fingerprint density at radius 2 is 1.68 bits per heavy atom. The number of H-pyrrole nitrogens is 1. The van der Waals surface area contributed by atoms with Crippen molar-refractivity contribution >= 4 is 57.2 Å². The number of amides is 2. The van der Waals surface area contributed by atoms with E-state index >= 15 is 0 Å². The summed E-state index contributed by atoms with van der Waals surface area (Å²) in [6.07, 6.45) is 0. The standard InChI is InChI=1S/C28H26ClN5O4/c1-33(2)12-13-34(3)27(36)16-4-8-19(9-5-16)30-25(17-6-11-23-22(14-17)32-28(37)38-23)24-20-10-7-18(29)15-21(20)31-26(24)35/h4-11,14-15,30H,12-13H2,1-3H3,(H,31,35)(H,32,37)/b25-24-. The molecule has 0 unspecified atom stereocenters. The van der Waals surface area contributed by atoms with Crippen molar-refractivity contribution in [2.75, 3.05) is 44.9 Å². The number of rotatable bonds is 7. The number of hydrogen-bond acceptors (Lipinski definition) is 6. The molecule has 0 radical (unpaired) electrons. The smallest absolute Gasteiger partial charge is 0.408 e. The number of nitrogens with one attached hydrogen (secondary N) is 3. The highest BCUT2D eigenvalue weighted by Gasteiger charge is 2.29. The summed E-state index contributed by atoms with van der Waals surface area (Å²) in [4.78, 5) is 44.1. The summed E-state index contributed by atoms with van der Waals surface area (Å²) in [6.45, 7) is 1.37. The Kier molecular flexibility index (Phi) is 6.79. The molecule has 194 valence electrons. The highest BCUT2D eigenvalue weighted by atomic mass is 35.5. The highest BCUT2D eigenvalue weighted by molar-refractivity contribution is 6.38. The first kappa shape index (κ1) is 25.3. The molecule has 0 fully saturated rings.